The molecule has 1 heterocycles. The van der Waals surface area contributed by atoms with Gasteiger partial charge in [0.15, 0.2) is 0 Å². The molecular formula is C15H30N2. The summed E-state index contributed by atoms with van der Waals surface area (Å²) in [6, 6.07) is 2.26. The summed E-state index contributed by atoms with van der Waals surface area (Å²) in [4.78, 5) is 0. The Hall–Kier alpha value is -0.0800. The lowest BCUT2D eigenvalue weighted by Crippen LogP contribution is -2.42. The van der Waals surface area contributed by atoms with Crippen LogP contribution >= 0.6 is 0 Å². The van der Waals surface area contributed by atoms with Gasteiger partial charge in [-0.2, -0.15) is 0 Å². The molecule has 1 saturated heterocycles. The van der Waals surface area contributed by atoms with E-state index in [9.17, 15) is 0 Å². The van der Waals surface area contributed by atoms with Crippen molar-refractivity contribution in [3.63, 3.8) is 0 Å². The van der Waals surface area contributed by atoms with Crippen molar-refractivity contribution in [2.75, 3.05) is 6.54 Å². The maximum Gasteiger partial charge on any atom is 0.00822 e. The normalized spacial score (nSPS) is 36.0. The maximum absolute atomic E-state index is 3.87. The van der Waals surface area contributed by atoms with Crippen LogP contribution in [0.1, 0.15) is 65.2 Å². The van der Waals surface area contributed by atoms with Crippen LogP contribution < -0.4 is 10.6 Å². The highest BCUT2D eigenvalue weighted by Crippen LogP contribution is 2.27. The van der Waals surface area contributed by atoms with Gasteiger partial charge in [0, 0.05) is 18.1 Å². The van der Waals surface area contributed by atoms with E-state index in [4.69, 9.17) is 0 Å². The van der Waals surface area contributed by atoms with Crippen molar-refractivity contribution in [2.24, 2.45) is 5.92 Å². The van der Waals surface area contributed by atoms with E-state index in [-0.39, 0.29) is 0 Å². The first-order valence-corrected chi connectivity index (χ1v) is 7.77. The Bertz CT molecular complexity index is 211. The molecule has 4 atom stereocenters. The molecule has 0 aromatic carbocycles. The Balaban J connectivity index is 1.68. The van der Waals surface area contributed by atoms with Gasteiger partial charge in [-0.3, -0.25) is 0 Å². The minimum absolute atomic E-state index is 0.686. The first kappa shape index (κ1) is 13.4. The molecule has 1 saturated carbocycles. The van der Waals surface area contributed by atoms with Gasteiger partial charge in [-0.25, -0.2) is 0 Å². The van der Waals surface area contributed by atoms with Crippen LogP contribution in [0.3, 0.4) is 0 Å². The predicted octanol–water partition coefficient (Wildman–Crippen LogP) is 3.08. The molecule has 2 aliphatic rings. The van der Waals surface area contributed by atoms with E-state index in [0.717, 1.165) is 18.0 Å². The summed E-state index contributed by atoms with van der Waals surface area (Å²) < 4.78 is 0. The average Bonchev–Trinajstić information content (AvgIpc) is 2.82. The summed E-state index contributed by atoms with van der Waals surface area (Å²) in [5.41, 5.74) is 0. The number of nitrogens with one attached hydrogen (secondary N) is 2. The molecule has 0 amide bonds. The molecule has 2 nitrogen and oxygen atoms in total. The summed E-state index contributed by atoms with van der Waals surface area (Å²) in [6.07, 6.45) is 11.2. The molecule has 1 aliphatic heterocycles. The van der Waals surface area contributed by atoms with Crippen LogP contribution in [0.4, 0.5) is 0 Å². The van der Waals surface area contributed by atoms with Crippen LogP contribution in [0.5, 0.6) is 0 Å². The molecule has 0 radical (unpaired) electrons. The molecule has 2 fully saturated rings. The Morgan fingerprint density at radius 1 is 1.24 bits per heavy atom. The van der Waals surface area contributed by atoms with Crippen LogP contribution in [-0.4, -0.2) is 24.7 Å². The summed E-state index contributed by atoms with van der Waals surface area (Å²) in [7, 11) is 0. The number of rotatable bonds is 5. The zero-order chi connectivity index (χ0) is 12.1. The molecule has 0 aromatic heterocycles. The van der Waals surface area contributed by atoms with E-state index in [0.29, 0.717) is 6.04 Å². The van der Waals surface area contributed by atoms with E-state index >= 15 is 0 Å². The van der Waals surface area contributed by atoms with Gasteiger partial charge in [0.05, 0.1) is 0 Å². The molecule has 0 spiro atoms. The Morgan fingerprint density at radius 3 is 2.82 bits per heavy atom. The van der Waals surface area contributed by atoms with Gasteiger partial charge >= 0.3 is 0 Å². The van der Waals surface area contributed by atoms with E-state index < -0.39 is 0 Å². The highest BCUT2D eigenvalue weighted by Gasteiger charge is 2.23. The first-order valence-electron chi connectivity index (χ1n) is 7.77. The highest BCUT2D eigenvalue weighted by atomic mass is 15.0. The van der Waals surface area contributed by atoms with Crippen molar-refractivity contribution in [1.29, 1.82) is 0 Å². The topological polar surface area (TPSA) is 24.1 Å². The fourth-order valence-electron chi connectivity index (χ4n) is 3.67. The van der Waals surface area contributed by atoms with Gasteiger partial charge in [-0.15, -0.1) is 0 Å². The van der Waals surface area contributed by atoms with Crippen molar-refractivity contribution in [2.45, 2.75) is 83.3 Å². The zero-order valence-electron chi connectivity index (χ0n) is 11.7. The third-order valence-corrected chi connectivity index (χ3v) is 4.68. The third-order valence-electron chi connectivity index (χ3n) is 4.68. The quantitative estimate of drug-likeness (QED) is 0.769. The van der Waals surface area contributed by atoms with E-state index in [2.05, 4.69) is 24.5 Å². The van der Waals surface area contributed by atoms with E-state index in [1.54, 1.807) is 0 Å². The second-order valence-electron chi connectivity index (χ2n) is 6.23. The van der Waals surface area contributed by atoms with Gasteiger partial charge in [-0.1, -0.05) is 26.2 Å². The van der Waals surface area contributed by atoms with Crippen LogP contribution in [-0.2, 0) is 0 Å². The lowest BCUT2D eigenvalue weighted by atomic mass is 9.84. The van der Waals surface area contributed by atoms with Gasteiger partial charge in [0.25, 0.3) is 0 Å². The molecule has 4 unspecified atom stereocenters. The smallest absolute Gasteiger partial charge is 0.00822 e. The monoisotopic (exact) mass is 238 g/mol. The van der Waals surface area contributed by atoms with Gasteiger partial charge in [0.1, 0.15) is 0 Å². The van der Waals surface area contributed by atoms with Crippen LogP contribution in [0.2, 0.25) is 0 Å². The minimum atomic E-state index is 0.686. The van der Waals surface area contributed by atoms with Crippen molar-refractivity contribution in [3.05, 3.63) is 0 Å². The molecule has 17 heavy (non-hydrogen) atoms. The Kier molecular flexibility index (Phi) is 5.30. The van der Waals surface area contributed by atoms with Crippen LogP contribution in [0, 0.1) is 5.92 Å². The number of hydrogen-bond acceptors (Lipinski definition) is 2. The van der Waals surface area contributed by atoms with E-state index in [1.165, 1.54) is 57.9 Å². The fraction of sp³-hybridized carbons (Fsp3) is 1.00. The Labute approximate surface area is 107 Å². The zero-order valence-corrected chi connectivity index (χ0v) is 11.7. The first-order chi connectivity index (χ1) is 8.28. The van der Waals surface area contributed by atoms with Crippen LogP contribution in [0.15, 0.2) is 0 Å². The van der Waals surface area contributed by atoms with Gasteiger partial charge < -0.3 is 10.6 Å². The molecule has 2 heteroatoms. The second-order valence-corrected chi connectivity index (χ2v) is 6.23. The SMILES string of the molecule is CCC1CCCC(NC(C)CC2CCCN2)C1. The average molecular weight is 238 g/mol. The summed E-state index contributed by atoms with van der Waals surface area (Å²) in [5, 5.41) is 7.47. The third kappa shape index (κ3) is 4.26. The summed E-state index contributed by atoms with van der Waals surface area (Å²) >= 11 is 0. The molecule has 100 valence electrons. The van der Waals surface area contributed by atoms with Crippen LogP contribution in [0.25, 0.3) is 0 Å². The molecule has 0 aromatic rings. The largest absolute Gasteiger partial charge is 0.314 e. The molecule has 2 rings (SSSR count). The van der Waals surface area contributed by atoms with Crippen molar-refractivity contribution < 1.29 is 0 Å². The second kappa shape index (κ2) is 6.75. The maximum atomic E-state index is 3.87. The Morgan fingerprint density at radius 2 is 2.12 bits per heavy atom. The molecular weight excluding hydrogens is 208 g/mol. The summed E-state index contributed by atoms with van der Waals surface area (Å²) in [5.74, 6) is 0.984. The molecule has 1 aliphatic carbocycles. The fourth-order valence-corrected chi connectivity index (χ4v) is 3.67. The van der Waals surface area contributed by atoms with E-state index in [1.807, 2.05) is 0 Å². The number of hydrogen-bond donors (Lipinski definition) is 2. The van der Waals surface area contributed by atoms with Crippen molar-refractivity contribution in [1.82, 2.24) is 10.6 Å². The molecule has 0 bridgehead atoms. The standard InChI is InChI=1S/C15H30N2/c1-3-13-6-4-7-15(11-13)17-12(2)10-14-8-5-9-16-14/h12-17H,3-11H2,1-2H3. The van der Waals surface area contributed by atoms with Crippen molar-refractivity contribution in [3.8, 4) is 0 Å². The van der Waals surface area contributed by atoms with Gasteiger partial charge in [-0.05, 0) is 51.5 Å². The highest BCUT2D eigenvalue weighted by molar-refractivity contribution is 4.83. The summed E-state index contributed by atoms with van der Waals surface area (Å²) in [6.45, 7) is 5.95. The minimum Gasteiger partial charge on any atom is -0.314 e. The molecule has 2 N–H and O–H groups in total. The van der Waals surface area contributed by atoms with Crippen molar-refractivity contribution >= 4 is 0 Å². The predicted molar refractivity (Wildman–Crippen MR) is 74.3 cm³/mol. The van der Waals surface area contributed by atoms with Gasteiger partial charge in [0.2, 0.25) is 0 Å². The lowest BCUT2D eigenvalue weighted by molar-refractivity contribution is 0.257. The lowest BCUT2D eigenvalue weighted by Gasteiger charge is -2.32.